The van der Waals surface area contributed by atoms with Crippen LogP contribution < -0.4 is 0 Å². The van der Waals surface area contributed by atoms with Crippen LogP contribution in [0.2, 0.25) is 0 Å². The monoisotopic (exact) mass is 385 g/mol. The number of carbonyl (C=O) groups is 1. The summed E-state index contributed by atoms with van der Waals surface area (Å²) in [4.78, 5) is 14.1. The molecule has 0 fully saturated rings. The first-order valence-corrected chi connectivity index (χ1v) is 9.03. The van der Waals surface area contributed by atoms with Gasteiger partial charge >= 0.3 is 12.1 Å². The summed E-state index contributed by atoms with van der Waals surface area (Å²) < 4.78 is 38.2. The second kappa shape index (κ2) is 6.86. The van der Waals surface area contributed by atoms with E-state index in [1.165, 1.54) is 12.1 Å². The summed E-state index contributed by atoms with van der Waals surface area (Å²) in [5, 5.41) is 9.15. The van der Waals surface area contributed by atoms with Gasteiger partial charge < -0.3 is 10.1 Å². The second-order valence-electron chi connectivity index (χ2n) is 7.14. The Morgan fingerprint density at radius 2 is 1.82 bits per heavy atom. The van der Waals surface area contributed by atoms with Crippen LogP contribution in [0, 0.1) is 0 Å². The highest BCUT2D eigenvalue weighted by Gasteiger charge is 2.30. The van der Waals surface area contributed by atoms with Gasteiger partial charge in [-0.05, 0) is 65.6 Å². The maximum Gasteiger partial charge on any atom is 0.416 e. The van der Waals surface area contributed by atoms with Crippen molar-refractivity contribution in [2.24, 2.45) is 0 Å². The molecule has 3 aromatic rings. The van der Waals surface area contributed by atoms with Gasteiger partial charge in [0.25, 0.3) is 0 Å². The van der Waals surface area contributed by atoms with Crippen LogP contribution in [0.1, 0.15) is 45.2 Å². The zero-order valence-corrected chi connectivity index (χ0v) is 14.9. The SMILES string of the molecule is O=C(O)c1cc2c([nH]1)CCC2Cc1cccc(-c2ccc(C(F)(F)F)cc2)c1. The van der Waals surface area contributed by atoms with Gasteiger partial charge in [0.05, 0.1) is 5.56 Å². The lowest BCUT2D eigenvalue weighted by atomic mass is 9.92. The number of aromatic nitrogens is 1. The third-order valence-corrected chi connectivity index (χ3v) is 5.30. The number of carboxylic acids is 1. The van der Waals surface area contributed by atoms with Gasteiger partial charge in [-0.3, -0.25) is 0 Å². The zero-order chi connectivity index (χ0) is 19.9. The molecule has 0 aliphatic heterocycles. The van der Waals surface area contributed by atoms with E-state index in [0.717, 1.165) is 59.3 Å². The number of benzene rings is 2. The molecule has 1 unspecified atom stereocenters. The summed E-state index contributed by atoms with van der Waals surface area (Å²) in [5.74, 6) is -0.723. The molecule has 0 bridgehead atoms. The highest BCUT2D eigenvalue weighted by molar-refractivity contribution is 5.86. The smallest absolute Gasteiger partial charge is 0.416 e. The van der Waals surface area contributed by atoms with E-state index >= 15 is 0 Å². The van der Waals surface area contributed by atoms with Gasteiger partial charge in [0.15, 0.2) is 0 Å². The maximum absolute atomic E-state index is 12.7. The van der Waals surface area contributed by atoms with Crippen LogP contribution >= 0.6 is 0 Å². The van der Waals surface area contributed by atoms with Crippen LogP contribution in [0.3, 0.4) is 0 Å². The number of carboxylic acid groups (broad SMARTS) is 1. The van der Waals surface area contributed by atoms with Crippen LogP contribution in [0.5, 0.6) is 0 Å². The van der Waals surface area contributed by atoms with Crippen molar-refractivity contribution in [1.82, 2.24) is 4.98 Å². The number of nitrogens with one attached hydrogen (secondary N) is 1. The van der Waals surface area contributed by atoms with Gasteiger partial charge in [-0.2, -0.15) is 13.2 Å². The standard InChI is InChI=1S/C22H18F3NO2/c23-22(24,25)17-7-4-14(5-8-17)15-3-1-2-13(10-15)11-16-6-9-19-18(16)12-20(26-19)21(27)28/h1-5,7-8,10,12,16,26H,6,9,11H2,(H,27,28). The summed E-state index contributed by atoms with van der Waals surface area (Å²) in [7, 11) is 0. The minimum atomic E-state index is -4.34. The van der Waals surface area contributed by atoms with E-state index in [1.807, 2.05) is 24.3 Å². The first-order valence-electron chi connectivity index (χ1n) is 9.03. The van der Waals surface area contributed by atoms with Crippen molar-refractivity contribution in [3.63, 3.8) is 0 Å². The van der Waals surface area contributed by atoms with Crippen molar-refractivity contribution >= 4 is 5.97 Å². The second-order valence-corrected chi connectivity index (χ2v) is 7.14. The van der Waals surface area contributed by atoms with Crippen LogP contribution in [0.25, 0.3) is 11.1 Å². The Bertz CT molecular complexity index is 1020. The summed E-state index contributed by atoms with van der Waals surface area (Å²) >= 11 is 0. The average molecular weight is 385 g/mol. The van der Waals surface area contributed by atoms with E-state index in [-0.39, 0.29) is 11.6 Å². The first-order chi connectivity index (χ1) is 13.3. The molecule has 2 N–H and O–H groups in total. The lowest BCUT2D eigenvalue weighted by molar-refractivity contribution is -0.137. The zero-order valence-electron chi connectivity index (χ0n) is 14.9. The Balaban J connectivity index is 1.55. The fourth-order valence-electron chi connectivity index (χ4n) is 3.90. The number of rotatable bonds is 4. The minimum Gasteiger partial charge on any atom is -0.477 e. The average Bonchev–Trinajstić information content (AvgIpc) is 3.24. The van der Waals surface area contributed by atoms with Crippen LogP contribution in [-0.2, 0) is 19.0 Å². The third kappa shape index (κ3) is 3.54. The van der Waals surface area contributed by atoms with Gasteiger partial charge in [0, 0.05) is 5.69 Å². The molecular formula is C22H18F3NO2. The predicted octanol–water partition coefficient (Wildman–Crippen LogP) is 5.67. The molecule has 1 atom stereocenters. The van der Waals surface area contributed by atoms with Gasteiger partial charge in [0.1, 0.15) is 5.69 Å². The molecule has 144 valence electrons. The molecule has 1 aliphatic rings. The maximum atomic E-state index is 12.7. The molecule has 0 saturated carbocycles. The van der Waals surface area contributed by atoms with Crippen molar-refractivity contribution < 1.29 is 23.1 Å². The molecule has 28 heavy (non-hydrogen) atoms. The molecule has 2 aromatic carbocycles. The van der Waals surface area contributed by atoms with Crippen molar-refractivity contribution in [2.45, 2.75) is 31.4 Å². The Kier molecular flexibility index (Phi) is 4.49. The normalized spacial score (nSPS) is 16.2. The topological polar surface area (TPSA) is 53.1 Å². The number of H-pyrrole nitrogens is 1. The Morgan fingerprint density at radius 1 is 1.07 bits per heavy atom. The van der Waals surface area contributed by atoms with Gasteiger partial charge in [0.2, 0.25) is 0 Å². The third-order valence-electron chi connectivity index (χ3n) is 5.30. The van der Waals surface area contributed by atoms with Gasteiger partial charge in [-0.1, -0.05) is 36.4 Å². The van der Waals surface area contributed by atoms with E-state index < -0.39 is 17.7 Å². The van der Waals surface area contributed by atoms with Crippen LogP contribution in [0.4, 0.5) is 13.2 Å². The summed E-state index contributed by atoms with van der Waals surface area (Å²) in [6, 6.07) is 14.7. The van der Waals surface area contributed by atoms with Gasteiger partial charge in [-0.25, -0.2) is 4.79 Å². The van der Waals surface area contributed by atoms with E-state index in [9.17, 15) is 18.0 Å². The Labute approximate surface area is 159 Å². The summed E-state index contributed by atoms with van der Waals surface area (Å²) in [6.45, 7) is 0. The minimum absolute atomic E-state index is 0.216. The number of aromatic carboxylic acids is 1. The molecule has 3 nitrogen and oxygen atoms in total. The highest BCUT2D eigenvalue weighted by Crippen LogP contribution is 2.37. The van der Waals surface area contributed by atoms with E-state index in [4.69, 9.17) is 5.11 Å². The van der Waals surface area contributed by atoms with E-state index in [2.05, 4.69) is 4.98 Å². The number of aromatic amines is 1. The quantitative estimate of drug-likeness (QED) is 0.608. The number of halogens is 3. The molecule has 0 spiro atoms. The predicted molar refractivity (Wildman–Crippen MR) is 99.4 cm³/mol. The highest BCUT2D eigenvalue weighted by atomic mass is 19.4. The molecule has 6 heteroatoms. The molecule has 0 amide bonds. The van der Waals surface area contributed by atoms with Crippen molar-refractivity contribution in [1.29, 1.82) is 0 Å². The van der Waals surface area contributed by atoms with Crippen molar-refractivity contribution in [3.8, 4) is 11.1 Å². The summed E-state index contributed by atoms with van der Waals surface area (Å²) in [6.07, 6.45) is -1.80. The molecule has 0 radical (unpaired) electrons. The van der Waals surface area contributed by atoms with Gasteiger partial charge in [-0.15, -0.1) is 0 Å². The number of alkyl halides is 3. The van der Waals surface area contributed by atoms with Crippen molar-refractivity contribution in [3.05, 3.63) is 82.7 Å². The number of hydrogen-bond donors (Lipinski definition) is 2. The van der Waals surface area contributed by atoms with Crippen molar-refractivity contribution in [2.75, 3.05) is 0 Å². The number of hydrogen-bond acceptors (Lipinski definition) is 1. The first kappa shape index (κ1) is 18.3. The molecule has 1 aliphatic carbocycles. The fraction of sp³-hybridized carbons (Fsp3) is 0.227. The Hall–Kier alpha value is -3.02. The molecular weight excluding hydrogens is 367 g/mol. The molecule has 1 aromatic heterocycles. The number of fused-ring (bicyclic) bond motifs is 1. The molecule has 4 rings (SSSR count). The Morgan fingerprint density at radius 3 is 2.50 bits per heavy atom. The summed E-state index contributed by atoms with van der Waals surface area (Å²) in [5.41, 5.74) is 4.27. The fourth-order valence-corrected chi connectivity index (χ4v) is 3.90. The van der Waals surface area contributed by atoms with E-state index in [0.29, 0.717) is 0 Å². The largest absolute Gasteiger partial charge is 0.477 e. The lowest BCUT2D eigenvalue weighted by Gasteiger charge is -2.12. The number of aryl methyl sites for hydroxylation is 1. The van der Waals surface area contributed by atoms with Crippen LogP contribution in [-0.4, -0.2) is 16.1 Å². The molecule has 0 saturated heterocycles. The molecule has 1 heterocycles. The van der Waals surface area contributed by atoms with E-state index in [1.54, 1.807) is 6.07 Å². The lowest BCUT2D eigenvalue weighted by Crippen LogP contribution is -2.04. The van der Waals surface area contributed by atoms with Crippen LogP contribution in [0.15, 0.2) is 54.6 Å².